The molecule has 2 atom stereocenters. The first-order valence-corrected chi connectivity index (χ1v) is 7.64. The zero-order valence-electron chi connectivity index (χ0n) is 12.5. The fraction of sp³-hybridized carbons (Fsp3) is 0.333. The summed E-state index contributed by atoms with van der Waals surface area (Å²) in [4.78, 5) is 30.6. The van der Waals surface area contributed by atoms with Crippen LogP contribution in [0.5, 0.6) is 0 Å². The van der Waals surface area contributed by atoms with Crippen molar-refractivity contribution in [2.24, 2.45) is 0 Å². The van der Waals surface area contributed by atoms with Crippen LogP contribution in [0.4, 0.5) is 0 Å². The average Bonchev–Trinajstić information content (AvgIpc) is 3.08. The molecule has 0 radical (unpaired) electrons. The van der Waals surface area contributed by atoms with Gasteiger partial charge in [-0.05, 0) is 13.0 Å². The summed E-state index contributed by atoms with van der Waals surface area (Å²) < 4.78 is 1.47. The molecule has 1 aliphatic rings. The van der Waals surface area contributed by atoms with Gasteiger partial charge in [-0.15, -0.1) is 0 Å². The predicted molar refractivity (Wildman–Crippen MR) is 83.6 cm³/mol. The van der Waals surface area contributed by atoms with Gasteiger partial charge in [0.1, 0.15) is 24.7 Å². The molecule has 1 N–H and O–H groups in total. The van der Waals surface area contributed by atoms with E-state index in [2.05, 4.69) is 15.4 Å². The van der Waals surface area contributed by atoms with E-state index in [0.717, 1.165) is 0 Å². The highest BCUT2D eigenvalue weighted by molar-refractivity contribution is 6.31. The summed E-state index contributed by atoms with van der Waals surface area (Å²) in [7, 11) is 0. The van der Waals surface area contributed by atoms with E-state index in [0.29, 0.717) is 23.7 Å². The predicted octanol–water partition coefficient (Wildman–Crippen LogP) is 1.19. The number of piperazine rings is 1. The maximum atomic E-state index is 12.9. The minimum absolute atomic E-state index is 0.199. The van der Waals surface area contributed by atoms with Crippen LogP contribution in [0.25, 0.3) is 0 Å². The molecule has 7 nitrogen and oxygen atoms in total. The maximum absolute atomic E-state index is 12.9. The Morgan fingerprint density at radius 3 is 2.91 bits per heavy atom. The van der Waals surface area contributed by atoms with E-state index in [1.165, 1.54) is 17.3 Å². The van der Waals surface area contributed by atoms with Crippen LogP contribution in [0.2, 0.25) is 5.02 Å². The third kappa shape index (κ3) is 2.92. The number of aromatic nitrogens is 3. The van der Waals surface area contributed by atoms with Gasteiger partial charge >= 0.3 is 0 Å². The van der Waals surface area contributed by atoms with Gasteiger partial charge in [-0.3, -0.25) is 9.59 Å². The van der Waals surface area contributed by atoms with Gasteiger partial charge in [0.15, 0.2) is 0 Å². The molecule has 1 fully saturated rings. The topological polar surface area (TPSA) is 80.1 Å². The number of hydrogen-bond donors (Lipinski definition) is 1. The van der Waals surface area contributed by atoms with Crippen LogP contribution in [0.1, 0.15) is 24.6 Å². The third-order valence-corrected chi connectivity index (χ3v) is 4.23. The Balaban J connectivity index is 1.94. The number of carbonyl (C=O) groups is 2. The van der Waals surface area contributed by atoms with Crippen molar-refractivity contribution >= 4 is 23.4 Å². The molecule has 0 saturated carbocycles. The third-order valence-electron chi connectivity index (χ3n) is 3.89. The van der Waals surface area contributed by atoms with Crippen LogP contribution in [0.3, 0.4) is 0 Å². The molecule has 3 rings (SSSR count). The number of halogens is 1. The summed E-state index contributed by atoms with van der Waals surface area (Å²) in [5, 5.41) is 7.25. The molecule has 120 valence electrons. The van der Waals surface area contributed by atoms with Crippen molar-refractivity contribution in [2.75, 3.05) is 13.1 Å². The molecule has 0 bridgehead atoms. The summed E-state index contributed by atoms with van der Waals surface area (Å²) in [6.07, 6.45) is 2.86. The van der Waals surface area contributed by atoms with Gasteiger partial charge in [0.2, 0.25) is 11.8 Å². The molecular weight excluding hydrogens is 318 g/mol. The Kier molecular flexibility index (Phi) is 4.29. The summed E-state index contributed by atoms with van der Waals surface area (Å²) >= 11 is 6.23. The molecule has 2 amide bonds. The summed E-state index contributed by atoms with van der Waals surface area (Å²) in [6, 6.07) is 5.77. The van der Waals surface area contributed by atoms with Crippen LogP contribution >= 0.6 is 11.6 Å². The number of nitrogens with one attached hydrogen (secondary N) is 1. The Hall–Kier alpha value is -2.41. The number of nitrogens with zero attached hydrogens (tertiary/aromatic N) is 4. The van der Waals surface area contributed by atoms with Crippen LogP contribution in [-0.4, -0.2) is 44.6 Å². The Labute approximate surface area is 138 Å². The molecule has 0 unspecified atom stereocenters. The molecule has 1 aromatic heterocycles. The van der Waals surface area contributed by atoms with Crippen molar-refractivity contribution in [2.45, 2.75) is 19.0 Å². The summed E-state index contributed by atoms with van der Waals surface area (Å²) in [5.41, 5.74) is 0.616. The average molecular weight is 334 g/mol. The van der Waals surface area contributed by atoms with Crippen molar-refractivity contribution in [3.63, 3.8) is 0 Å². The van der Waals surface area contributed by atoms with Crippen LogP contribution in [0.15, 0.2) is 36.9 Å². The van der Waals surface area contributed by atoms with Crippen LogP contribution < -0.4 is 5.32 Å². The first-order valence-electron chi connectivity index (χ1n) is 7.26. The zero-order valence-corrected chi connectivity index (χ0v) is 13.3. The van der Waals surface area contributed by atoms with Gasteiger partial charge < -0.3 is 10.2 Å². The van der Waals surface area contributed by atoms with E-state index in [9.17, 15) is 9.59 Å². The van der Waals surface area contributed by atoms with E-state index in [1.54, 1.807) is 36.1 Å². The number of carbonyl (C=O) groups excluding carboxylic acids is 2. The van der Waals surface area contributed by atoms with Gasteiger partial charge in [0.05, 0.1) is 0 Å². The minimum Gasteiger partial charge on any atom is -0.352 e. The molecule has 1 aliphatic heterocycles. The van der Waals surface area contributed by atoms with Gasteiger partial charge in [-0.2, -0.15) is 5.10 Å². The normalized spacial score (nSPS) is 19.3. The van der Waals surface area contributed by atoms with E-state index in [1.807, 2.05) is 0 Å². The second-order valence-corrected chi connectivity index (χ2v) is 5.71. The van der Waals surface area contributed by atoms with E-state index in [-0.39, 0.29) is 11.8 Å². The van der Waals surface area contributed by atoms with Gasteiger partial charge in [0, 0.05) is 23.7 Å². The van der Waals surface area contributed by atoms with Gasteiger partial charge in [-0.25, -0.2) is 9.67 Å². The highest BCUT2D eigenvalue weighted by atomic mass is 35.5. The Morgan fingerprint density at radius 1 is 1.43 bits per heavy atom. The molecule has 1 aromatic carbocycles. The zero-order chi connectivity index (χ0) is 16.4. The maximum Gasteiger partial charge on any atom is 0.248 e. The first-order chi connectivity index (χ1) is 11.1. The Bertz CT molecular complexity index is 718. The monoisotopic (exact) mass is 333 g/mol. The van der Waals surface area contributed by atoms with Crippen LogP contribution in [-0.2, 0) is 9.59 Å². The van der Waals surface area contributed by atoms with Crippen molar-refractivity contribution < 1.29 is 9.59 Å². The highest BCUT2D eigenvalue weighted by Gasteiger charge is 2.37. The second kappa shape index (κ2) is 6.37. The quantitative estimate of drug-likeness (QED) is 0.915. The fourth-order valence-electron chi connectivity index (χ4n) is 2.68. The highest BCUT2D eigenvalue weighted by Crippen LogP contribution is 2.30. The molecule has 2 heterocycles. The van der Waals surface area contributed by atoms with Gasteiger partial charge in [-0.1, -0.05) is 29.8 Å². The molecule has 2 aromatic rings. The van der Waals surface area contributed by atoms with Gasteiger partial charge in [0.25, 0.3) is 0 Å². The number of benzene rings is 1. The number of rotatable bonds is 3. The molecular formula is C15H16ClN5O2. The van der Waals surface area contributed by atoms with E-state index >= 15 is 0 Å². The molecule has 23 heavy (non-hydrogen) atoms. The number of amides is 2. The Morgan fingerprint density at radius 2 is 2.22 bits per heavy atom. The SMILES string of the molecule is C[C@@H](C(=O)N1CCNC(=O)[C@@H]1c1ccccc1Cl)n1cncn1. The van der Waals surface area contributed by atoms with E-state index < -0.39 is 12.1 Å². The lowest BCUT2D eigenvalue weighted by molar-refractivity contribution is -0.145. The van der Waals surface area contributed by atoms with Crippen molar-refractivity contribution in [1.82, 2.24) is 25.0 Å². The molecule has 0 aliphatic carbocycles. The standard InChI is InChI=1S/C15H16ClN5O2/c1-10(21-9-17-8-19-21)15(23)20-7-6-18-14(22)13(20)11-4-2-3-5-12(11)16/h2-5,8-10,13H,6-7H2,1H3,(H,18,22)/t10-,13-/m0/s1. The van der Waals surface area contributed by atoms with Crippen molar-refractivity contribution in [3.8, 4) is 0 Å². The van der Waals surface area contributed by atoms with E-state index in [4.69, 9.17) is 11.6 Å². The molecule has 8 heteroatoms. The van der Waals surface area contributed by atoms with Crippen LogP contribution in [0, 0.1) is 0 Å². The molecule has 1 saturated heterocycles. The first kappa shape index (κ1) is 15.5. The second-order valence-electron chi connectivity index (χ2n) is 5.30. The minimum atomic E-state index is -0.740. The largest absolute Gasteiger partial charge is 0.352 e. The summed E-state index contributed by atoms with van der Waals surface area (Å²) in [5.74, 6) is -0.432. The lowest BCUT2D eigenvalue weighted by Gasteiger charge is -2.37. The van der Waals surface area contributed by atoms with Crippen molar-refractivity contribution in [1.29, 1.82) is 0 Å². The van der Waals surface area contributed by atoms with Crippen molar-refractivity contribution in [3.05, 3.63) is 47.5 Å². The lowest BCUT2D eigenvalue weighted by atomic mass is 10.0. The smallest absolute Gasteiger partial charge is 0.248 e. The summed E-state index contributed by atoms with van der Waals surface area (Å²) in [6.45, 7) is 2.56. The molecule has 0 spiro atoms. The fourth-order valence-corrected chi connectivity index (χ4v) is 2.92. The number of hydrogen-bond acceptors (Lipinski definition) is 4. The lowest BCUT2D eigenvalue weighted by Crippen LogP contribution is -2.53.